The summed E-state index contributed by atoms with van der Waals surface area (Å²) in [5.74, 6) is -1.03. The Morgan fingerprint density at radius 1 is 1.35 bits per heavy atom. The lowest BCUT2D eigenvalue weighted by Gasteiger charge is -2.05. The molecule has 0 atom stereocenters. The van der Waals surface area contributed by atoms with Gasteiger partial charge in [-0.15, -0.1) is 13.2 Å². The van der Waals surface area contributed by atoms with Gasteiger partial charge in [-0.25, -0.2) is 12.8 Å². The summed E-state index contributed by atoms with van der Waals surface area (Å²) in [7, 11) is -3.54. The van der Waals surface area contributed by atoms with E-state index in [0.717, 1.165) is 0 Å². The maximum atomic E-state index is 13.0. The summed E-state index contributed by atoms with van der Waals surface area (Å²) in [5.41, 5.74) is 0.435. The van der Waals surface area contributed by atoms with Crippen LogP contribution in [0, 0.1) is 0 Å². The van der Waals surface area contributed by atoms with E-state index in [9.17, 15) is 17.6 Å². The molecule has 1 aliphatic rings. The molecule has 1 aromatic carbocycles. The van der Waals surface area contributed by atoms with Crippen molar-refractivity contribution in [3.05, 3.63) is 67.0 Å². The van der Waals surface area contributed by atoms with Crippen LogP contribution in [0.1, 0.15) is 18.9 Å². The molecule has 0 spiro atoms. The Morgan fingerprint density at radius 3 is 2.62 bits per heavy atom. The largest absolute Gasteiger partial charge is 0.352 e. The van der Waals surface area contributed by atoms with Gasteiger partial charge in [0.15, 0.2) is 0 Å². The lowest BCUT2D eigenvalue weighted by Crippen LogP contribution is -2.27. The Morgan fingerprint density at radius 2 is 2.00 bits per heavy atom. The average molecular weight is 379 g/mol. The second-order valence-corrected chi connectivity index (χ2v) is 6.70. The van der Waals surface area contributed by atoms with Crippen LogP contribution in [0.15, 0.2) is 71.4 Å². The molecule has 0 saturated heterocycles. The van der Waals surface area contributed by atoms with Gasteiger partial charge < -0.3 is 5.32 Å². The highest BCUT2D eigenvalue weighted by Crippen LogP contribution is 2.22. The molecule has 1 aliphatic heterocycles. The number of hydrogen-bond acceptors (Lipinski definition) is 4. The third-order valence-corrected chi connectivity index (χ3v) is 4.78. The molecule has 0 saturated carbocycles. The quantitative estimate of drug-likeness (QED) is 0.344. The van der Waals surface area contributed by atoms with Crippen LogP contribution in [0.25, 0.3) is 0 Å². The first-order valence-corrected chi connectivity index (χ1v) is 9.31. The van der Waals surface area contributed by atoms with Gasteiger partial charge in [-0.1, -0.05) is 24.8 Å². The third-order valence-electron chi connectivity index (χ3n) is 3.38. The number of nitrogens with zero attached hydrogens (tertiary/aromatic N) is 1. The minimum absolute atomic E-state index is 0.0983. The molecular formula is C18H22FN3O3S. The smallest absolute Gasteiger partial charge is 0.263 e. The summed E-state index contributed by atoms with van der Waals surface area (Å²) in [6.07, 6.45) is 1.83. The fourth-order valence-electron chi connectivity index (χ4n) is 2.23. The summed E-state index contributed by atoms with van der Waals surface area (Å²) in [6.45, 7) is 11.2. The van der Waals surface area contributed by atoms with Gasteiger partial charge in [0.25, 0.3) is 15.9 Å². The van der Waals surface area contributed by atoms with Gasteiger partial charge in [-0.2, -0.15) is 0 Å². The van der Waals surface area contributed by atoms with Crippen molar-refractivity contribution in [2.45, 2.75) is 18.2 Å². The molecule has 1 heterocycles. The number of fused-ring (bicyclic) bond motifs is 1. The van der Waals surface area contributed by atoms with Crippen LogP contribution < -0.4 is 10.0 Å². The van der Waals surface area contributed by atoms with Crippen molar-refractivity contribution in [2.75, 3.05) is 13.1 Å². The topological polar surface area (TPSA) is 87.6 Å². The van der Waals surface area contributed by atoms with Crippen molar-refractivity contribution >= 4 is 21.8 Å². The lowest BCUT2D eigenvalue weighted by atomic mass is 10.2. The average Bonchev–Trinajstić information content (AvgIpc) is 2.88. The number of nitrogens with one attached hydrogen (secondary N) is 2. The first-order chi connectivity index (χ1) is 12.4. The van der Waals surface area contributed by atoms with Crippen molar-refractivity contribution in [2.24, 2.45) is 4.99 Å². The standard InChI is InChI=1S/C16H18FN3O3S.C2H4/c1-3-12(11(2)17)16(21)19-10-6-9-18-15-13-7-4-5-8-14(13)24(22,23)20-15;1-2/h3-5,7-8H,2,6,9-10H2,1H3,(H,18,20)(H,19,21);1-2H2/b12-3+;. The van der Waals surface area contributed by atoms with Gasteiger partial charge in [0.1, 0.15) is 11.7 Å². The number of hydrogen-bond donors (Lipinski definition) is 2. The van der Waals surface area contributed by atoms with Crippen molar-refractivity contribution in [1.29, 1.82) is 0 Å². The van der Waals surface area contributed by atoms with E-state index in [1.165, 1.54) is 12.1 Å². The highest BCUT2D eigenvalue weighted by atomic mass is 32.2. The number of allylic oxidation sites excluding steroid dienone is 1. The summed E-state index contributed by atoms with van der Waals surface area (Å²) in [4.78, 5) is 16.1. The number of carbonyl (C=O) groups is 1. The lowest BCUT2D eigenvalue weighted by molar-refractivity contribution is -0.117. The third kappa shape index (κ3) is 5.13. The van der Waals surface area contributed by atoms with Crippen LogP contribution in [-0.2, 0) is 14.8 Å². The maximum Gasteiger partial charge on any atom is 0.263 e. The number of sulfonamides is 1. The first-order valence-electron chi connectivity index (χ1n) is 7.83. The van der Waals surface area contributed by atoms with Gasteiger partial charge in [0, 0.05) is 18.7 Å². The van der Waals surface area contributed by atoms with E-state index in [0.29, 0.717) is 24.4 Å². The summed E-state index contributed by atoms with van der Waals surface area (Å²) >= 11 is 0. The molecule has 0 aromatic heterocycles. The molecule has 0 fully saturated rings. The molecule has 2 rings (SSSR count). The van der Waals surface area contributed by atoms with Gasteiger partial charge in [0.2, 0.25) is 0 Å². The minimum atomic E-state index is -3.54. The summed E-state index contributed by atoms with van der Waals surface area (Å²) < 4.78 is 39.2. The normalized spacial score (nSPS) is 16.1. The number of aliphatic imine (C=N–C) groups is 1. The second kappa shape index (κ2) is 9.67. The number of amidine groups is 1. The summed E-state index contributed by atoms with van der Waals surface area (Å²) in [5, 5.41) is 2.56. The second-order valence-electron chi connectivity index (χ2n) is 5.05. The monoisotopic (exact) mass is 379 g/mol. The predicted molar refractivity (Wildman–Crippen MR) is 101 cm³/mol. The van der Waals surface area contributed by atoms with Gasteiger partial charge in [0.05, 0.1) is 10.5 Å². The van der Waals surface area contributed by atoms with E-state index in [4.69, 9.17) is 0 Å². The van der Waals surface area contributed by atoms with Crippen molar-refractivity contribution < 1.29 is 17.6 Å². The predicted octanol–water partition coefficient (Wildman–Crippen LogP) is 2.46. The highest BCUT2D eigenvalue weighted by Gasteiger charge is 2.29. The van der Waals surface area contributed by atoms with Crippen LogP contribution >= 0.6 is 0 Å². The van der Waals surface area contributed by atoms with Crippen LogP contribution in [0.5, 0.6) is 0 Å². The number of benzene rings is 1. The molecule has 0 radical (unpaired) electrons. The fraction of sp³-hybridized carbons (Fsp3) is 0.222. The van der Waals surface area contributed by atoms with E-state index < -0.39 is 21.8 Å². The molecule has 0 unspecified atom stereocenters. The van der Waals surface area contributed by atoms with Crippen molar-refractivity contribution in [3.8, 4) is 0 Å². The highest BCUT2D eigenvalue weighted by molar-refractivity contribution is 7.90. The molecule has 26 heavy (non-hydrogen) atoms. The molecule has 2 N–H and O–H groups in total. The van der Waals surface area contributed by atoms with E-state index in [2.05, 4.69) is 34.8 Å². The molecule has 1 aromatic rings. The van der Waals surface area contributed by atoms with Crippen LogP contribution in [-0.4, -0.2) is 33.3 Å². The van der Waals surface area contributed by atoms with Crippen LogP contribution in [0.2, 0.25) is 0 Å². The number of carbonyl (C=O) groups excluding carboxylic acids is 1. The Hall–Kier alpha value is -2.74. The van der Waals surface area contributed by atoms with E-state index in [-0.39, 0.29) is 17.0 Å². The van der Waals surface area contributed by atoms with Gasteiger partial charge in [-0.05, 0) is 25.5 Å². The molecule has 8 heteroatoms. The number of amides is 1. The number of rotatable bonds is 6. The fourth-order valence-corrected chi connectivity index (χ4v) is 3.48. The Kier molecular flexibility index (Phi) is 7.92. The molecule has 6 nitrogen and oxygen atoms in total. The van der Waals surface area contributed by atoms with E-state index >= 15 is 0 Å². The zero-order valence-corrected chi connectivity index (χ0v) is 15.4. The maximum absolute atomic E-state index is 13.0. The zero-order valence-electron chi connectivity index (χ0n) is 14.6. The van der Waals surface area contributed by atoms with Crippen LogP contribution in [0.3, 0.4) is 0 Å². The molecule has 0 aliphatic carbocycles. The van der Waals surface area contributed by atoms with Crippen LogP contribution in [0.4, 0.5) is 4.39 Å². The molecule has 1 amide bonds. The SMILES string of the molecule is C=C.C=C(F)/C(=C\C)C(=O)NCCCN=C1NS(=O)(=O)c2ccccc21. The van der Waals surface area contributed by atoms with Crippen molar-refractivity contribution in [3.63, 3.8) is 0 Å². The Labute approximate surface area is 153 Å². The van der Waals surface area contributed by atoms with E-state index in [1.54, 1.807) is 25.1 Å². The first kappa shape index (κ1) is 21.3. The summed E-state index contributed by atoms with van der Waals surface area (Å²) in [6, 6.07) is 6.58. The Balaban J connectivity index is 0.00000163. The van der Waals surface area contributed by atoms with Gasteiger partial charge >= 0.3 is 0 Å². The van der Waals surface area contributed by atoms with Crippen molar-refractivity contribution in [1.82, 2.24) is 10.0 Å². The zero-order chi connectivity index (χ0) is 19.7. The molecule has 0 bridgehead atoms. The Bertz CT molecular complexity index is 845. The molecular weight excluding hydrogens is 357 g/mol. The van der Waals surface area contributed by atoms with E-state index in [1.807, 2.05) is 0 Å². The minimum Gasteiger partial charge on any atom is -0.352 e. The molecule has 140 valence electrons. The number of halogens is 1. The van der Waals surface area contributed by atoms with Gasteiger partial charge in [-0.3, -0.25) is 14.5 Å².